The number of hydrogen-bond donors (Lipinski definition) is 1. The van der Waals surface area contributed by atoms with Crippen molar-refractivity contribution in [2.45, 2.75) is 51.0 Å². The fourth-order valence-corrected chi connectivity index (χ4v) is 3.10. The topological polar surface area (TPSA) is 63.4 Å². The summed E-state index contributed by atoms with van der Waals surface area (Å²) in [5, 5.41) is 18.4. The van der Waals surface area contributed by atoms with Crippen molar-refractivity contribution in [2.24, 2.45) is 0 Å². The van der Waals surface area contributed by atoms with Crippen LogP contribution in [0.5, 0.6) is 0 Å². The molecule has 2 aliphatic rings. The SMILES string of the molecule is CCCn1nncc1C(O)C1CN2CCCC2CO1. The van der Waals surface area contributed by atoms with Crippen molar-refractivity contribution in [1.82, 2.24) is 19.9 Å². The molecule has 0 amide bonds. The normalized spacial score (nSPS) is 29.4. The average Bonchev–Trinajstić information content (AvgIpc) is 3.05. The van der Waals surface area contributed by atoms with E-state index in [4.69, 9.17) is 4.74 Å². The van der Waals surface area contributed by atoms with Crippen LogP contribution in [0.4, 0.5) is 0 Å². The van der Waals surface area contributed by atoms with Gasteiger partial charge in [0.05, 0.1) is 18.5 Å². The number of ether oxygens (including phenoxy) is 1. The molecule has 2 saturated heterocycles. The molecular weight excluding hydrogens is 244 g/mol. The molecule has 6 nitrogen and oxygen atoms in total. The summed E-state index contributed by atoms with van der Waals surface area (Å²) >= 11 is 0. The largest absolute Gasteiger partial charge is 0.384 e. The second-order valence-corrected chi connectivity index (χ2v) is 5.49. The van der Waals surface area contributed by atoms with Crippen molar-refractivity contribution in [3.8, 4) is 0 Å². The first kappa shape index (κ1) is 13.0. The smallest absolute Gasteiger partial charge is 0.125 e. The summed E-state index contributed by atoms with van der Waals surface area (Å²) in [7, 11) is 0. The Morgan fingerprint density at radius 1 is 1.58 bits per heavy atom. The maximum Gasteiger partial charge on any atom is 0.125 e. The van der Waals surface area contributed by atoms with E-state index in [-0.39, 0.29) is 6.10 Å². The van der Waals surface area contributed by atoms with Crippen LogP contribution in [0.3, 0.4) is 0 Å². The number of nitrogens with zero attached hydrogens (tertiary/aromatic N) is 4. The van der Waals surface area contributed by atoms with Gasteiger partial charge in [0.25, 0.3) is 0 Å². The zero-order valence-corrected chi connectivity index (χ0v) is 11.4. The summed E-state index contributed by atoms with van der Waals surface area (Å²) in [5.41, 5.74) is 0.768. The quantitative estimate of drug-likeness (QED) is 0.864. The molecule has 0 spiro atoms. The number of rotatable bonds is 4. The Labute approximate surface area is 113 Å². The van der Waals surface area contributed by atoms with E-state index >= 15 is 0 Å². The van der Waals surface area contributed by atoms with Gasteiger partial charge in [0.15, 0.2) is 0 Å². The molecule has 0 bridgehead atoms. The summed E-state index contributed by atoms with van der Waals surface area (Å²) in [6.07, 6.45) is 4.29. The highest BCUT2D eigenvalue weighted by molar-refractivity contribution is 5.03. The molecule has 3 unspecified atom stereocenters. The second-order valence-electron chi connectivity index (χ2n) is 5.49. The number of aromatic nitrogens is 3. The van der Waals surface area contributed by atoms with Crippen LogP contribution in [0.15, 0.2) is 6.20 Å². The van der Waals surface area contributed by atoms with Gasteiger partial charge in [-0.05, 0) is 25.8 Å². The highest BCUT2D eigenvalue weighted by Crippen LogP contribution is 2.28. The van der Waals surface area contributed by atoms with E-state index in [9.17, 15) is 5.11 Å². The lowest BCUT2D eigenvalue weighted by atomic mass is 10.1. The number of morpholine rings is 1. The monoisotopic (exact) mass is 266 g/mol. The average molecular weight is 266 g/mol. The molecule has 2 fully saturated rings. The maximum atomic E-state index is 10.5. The van der Waals surface area contributed by atoms with Gasteiger partial charge in [0, 0.05) is 19.1 Å². The predicted octanol–water partition coefficient (Wildman–Crippen LogP) is 0.585. The van der Waals surface area contributed by atoms with Crippen molar-refractivity contribution < 1.29 is 9.84 Å². The van der Waals surface area contributed by atoms with Crippen LogP contribution in [0.2, 0.25) is 0 Å². The van der Waals surface area contributed by atoms with E-state index in [1.165, 1.54) is 12.8 Å². The van der Waals surface area contributed by atoms with Gasteiger partial charge in [-0.15, -0.1) is 5.10 Å². The van der Waals surface area contributed by atoms with E-state index in [0.717, 1.165) is 38.4 Å². The number of aryl methyl sites for hydroxylation is 1. The first-order chi connectivity index (χ1) is 9.29. The molecule has 1 aromatic rings. The summed E-state index contributed by atoms with van der Waals surface area (Å²) < 4.78 is 7.63. The van der Waals surface area contributed by atoms with Gasteiger partial charge < -0.3 is 9.84 Å². The second kappa shape index (κ2) is 5.56. The molecular formula is C13H22N4O2. The Morgan fingerprint density at radius 3 is 3.32 bits per heavy atom. The zero-order chi connectivity index (χ0) is 13.2. The zero-order valence-electron chi connectivity index (χ0n) is 11.4. The molecule has 3 heterocycles. The summed E-state index contributed by atoms with van der Waals surface area (Å²) in [6, 6.07) is 0.558. The molecule has 0 aliphatic carbocycles. The van der Waals surface area contributed by atoms with Crippen molar-refractivity contribution in [3.63, 3.8) is 0 Å². The van der Waals surface area contributed by atoms with Gasteiger partial charge in [0.1, 0.15) is 12.2 Å². The van der Waals surface area contributed by atoms with E-state index in [1.807, 2.05) is 0 Å². The van der Waals surface area contributed by atoms with Crippen molar-refractivity contribution in [1.29, 1.82) is 0 Å². The Bertz CT molecular complexity index is 423. The summed E-state index contributed by atoms with van der Waals surface area (Å²) in [5.74, 6) is 0. The highest BCUT2D eigenvalue weighted by atomic mass is 16.5. The number of fused-ring (bicyclic) bond motifs is 1. The lowest BCUT2D eigenvalue weighted by Gasteiger charge is -2.37. The maximum absolute atomic E-state index is 10.5. The van der Waals surface area contributed by atoms with E-state index in [1.54, 1.807) is 10.9 Å². The third kappa shape index (κ3) is 2.52. The van der Waals surface area contributed by atoms with Crippen LogP contribution in [0, 0.1) is 0 Å². The van der Waals surface area contributed by atoms with Gasteiger partial charge in [-0.3, -0.25) is 4.90 Å². The van der Waals surface area contributed by atoms with Crippen molar-refractivity contribution in [3.05, 3.63) is 11.9 Å². The Balaban J connectivity index is 1.69. The molecule has 19 heavy (non-hydrogen) atoms. The van der Waals surface area contributed by atoms with Crippen LogP contribution in [-0.2, 0) is 11.3 Å². The van der Waals surface area contributed by atoms with E-state index in [0.29, 0.717) is 6.04 Å². The summed E-state index contributed by atoms with van der Waals surface area (Å²) in [4.78, 5) is 2.44. The van der Waals surface area contributed by atoms with Crippen molar-refractivity contribution >= 4 is 0 Å². The molecule has 0 saturated carbocycles. The Hall–Kier alpha value is -0.980. The van der Waals surface area contributed by atoms with Crippen LogP contribution in [0.25, 0.3) is 0 Å². The summed E-state index contributed by atoms with van der Waals surface area (Å²) in [6.45, 7) is 5.54. The molecule has 0 aromatic carbocycles. The van der Waals surface area contributed by atoms with Gasteiger partial charge >= 0.3 is 0 Å². The standard InChI is InChI=1S/C13H22N4O2/c1-2-5-17-11(7-14-15-17)13(18)12-8-16-6-3-4-10(16)9-19-12/h7,10,12-13,18H,2-6,8-9H2,1H3. The van der Waals surface area contributed by atoms with Crippen molar-refractivity contribution in [2.75, 3.05) is 19.7 Å². The van der Waals surface area contributed by atoms with Crippen LogP contribution in [0.1, 0.15) is 38.0 Å². The van der Waals surface area contributed by atoms with E-state index < -0.39 is 6.10 Å². The van der Waals surface area contributed by atoms with Crippen LogP contribution < -0.4 is 0 Å². The van der Waals surface area contributed by atoms with Gasteiger partial charge in [-0.2, -0.15) is 0 Å². The lowest BCUT2D eigenvalue weighted by molar-refractivity contribution is -0.105. The lowest BCUT2D eigenvalue weighted by Crippen LogP contribution is -2.48. The molecule has 3 rings (SSSR count). The number of aliphatic hydroxyl groups excluding tert-OH is 1. The fraction of sp³-hybridized carbons (Fsp3) is 0.846. The van der Waals surface area contributed by atoms with Crippen LogP contribution in [-0.4, -0.2) is 56.8 Å². The molecule has 106 valence electrons. The highest BCUT2D eigenvalue weighted by Gasteiger charge is 2.36. The third-order valence-electron chi connectivity index (χ3n) is 4.15. The molecule has 2 aliphatic heterocycles. The minimum atomic E-state index is -0.636. The molecule has 1 N–H and O–H groups in total. The number of hydrogen-bond acceptors (Lipinski definition) is 5. The third-order valence-corrected chi connectivity index (χ3v) is 4.15. The molecule has 6 heteroatoms. The minimum absolute atomic E-state index is 0.163. The Kier molecular flexibility index (Phi) is 3.81. The minimum Gasteiger partial charge on any atom is -0.384 e. The molecule has 3 atom stereocenters. The van der Waals surface area contributed by atoms with Gasteiger partial charge in [0.2, 0.25) is 0 Å². The Morgan fingerprint density at radius 2 is 2.47 bits per heavy atom. The van der Waals surface area contributed by atoms with E-state index in [2.05, 4.69) is 22.1 Å². The predicted molar refractivity (Wildman–Crippen MR) is 69.6 cm³/mol. The van der Waals surface area contributed by atoms with Crippen LogP contribution >= 0.6 is 0 Å². The first-order valence-corrected chi connectivity index (χ1v) is 7.21. The van der Waals surface area contributed by atoms with Gasteiger partial charge in [-0.1, -0.05) is 12.1 Å². The fourth-order valence-electron chi connectivity index (χ4n) is 3.10. The molecule has 1 aromatic heterocycles. The number of aliphatic hydroxyl groups is 1. The van der Waals surface area contributed by atoms with Gasteiger partial charge in [-0.25, -0.2) is 4.68 Å². The molecule has 0 radical (unpaired) electrons. The first-order valence-electron chi connectivity index (χ1n) is 7.21.